The quantitative estimate of drug-likeness (QED) is 0.713. The molecule has 2 fully saturated rings. The topological polar surface area (TPSA) is 23.6 Å². The van der Waals surface area contributed by atoms with Crippen LogP contribution in [0, 0.1) is 0 Å². The molecule has 0 N–H and O–H groups in total. The largest absolute Gasteiger partial charge is 0.340 e. The molecule has 86 valence electrons. The Labute approximate surface area is 96.2 Å². The second-order valence-electron chi connectivity index (χ2n) is 4.53. The maximum absolute atomic E-state index is 11.8. The Morgan fingerprint density at radius 2 is 2.27 bits per heavy atom. The Balaban J connectivity index is 1.97. The lowest BCUT2D eigenvalue weighted by molar-refractivity contribution is -0.130. The summed E-state index contributed by atoms with van der Waals surface area (Å²) < 4.78 is 0. The van der Waals surface area contributed by atoms with Crippen LogP contribution in [0.4, 0.5) is 0 Å². The fraction of sp³-hybridized carbons (Fsp3) is 0.909. The van der Waals surface area contributed by atoms with Crippen molar-refractivity contribution in [1.82, 2.24) is 9.80 Å². The molecule has 3 nitrogen and oxygen atoms in total. The first-order chi connectivity index (χ1) is 7.18. The van der Waals surface area contributed by atoms with Gasteiger partial charge in [0.1, 0.15) is 0 Å². The summed E-state index contributed by atoms with van der Waals surface area (Å²) in [5.41, 5.74) is 0. The smallest absolute Gasteiger partial charge is 0.222 e. The molecule has 2 saturated heterocycles. The number of amides is 1. The van der Waals surface area contributed by atoms with Crippen molar-refractivity contribution >= 4 is 17.7 Å². The molecule has 2 rings (SSSR count). The molecule has 1 atom stereocenters. The first-order valence-corrected chi connectivity index (χ1v) is 6.79. The highest BCUT2D eigenvalue weighted by Gasteiger charge is 2.45. The van der Waals surface area contributed by atoms with Crippen molar-refractivity contribution in [2.75, 3.05) is 32.4 Å². The first kappa shape index (κ1) is 11.3. The van der Waals surface area contributed by atoms with Gasteiger partial charge < -0.3 is 4.90 Å². The zero-order chi connectivity index (χ0) is 10.9. The van der Waals surface area contributed by atoms with E-state index in [4.69, 9.17) is 0 Å². The molecule has 0 aromatic heterocycles. The molecule has 0 radical (unpaired) electrons. The summed E-state index contributed by atoms with van der Waals surface area (Å²) in [6.45, 7) is 5.13. The average Bonchev–Trinajstić information content (AvgIpc) is 2.77. The molecule has 0 saturated carbocycles. The van der Waals surface area contributed by atoms with E-state index < -0.39 is 0 Å². The summed E-state index contributed by atoms with van der Waals surface area (Å²) in [5.74, 6) is 1.56. The van der Waals surface area contributed by atoms with E-state index in [0.717, 1.165) is 25.9 Å². The van der Waals surface area contributed by atoms with Crippen LogP contribution in [0.5, 0.6) is 0 Å². The summed E-state index contributed by atoms with van der Waals surface area (Å²) in [7, 11) is 2.19. The Kier molecular flexibility index (Phi) is 3.26. The van der Waals surface area contributed by atoms with Crippen LogP contribution in [0.1, 0.15) is 26.2 Å². The lowest BCUT2D eigenvalue weighted by atomic mass is 10.2. The van der Waals surface area contributed by atoms with Gasteiger partial charge in [-0.3, -0.25) is 9.69 Å². The molecule has 0 aliphatic carbocycles. The van der Waals surface area contributed by atoms with Gasteiger partial charge >= 0.3 is 0 Å². The molecule has 1 spiro atoms. The van der Waals surface area contributed by atoms with Gasteiger partial charge in [-0.25, -0.2) is 0 Å². The molecule has 1 amide bonds. The number of likely N-dealkylation sites (tertiary alicyclic amines) is 1. The third-order valence-corrected chi connectivity index (χ3v) is 5.09. The van der Waals surface area contributed by atoms with Crippen LogP contribution in [-0.2, 0) is 4.79 Å². The van der Waals surface area contributed by atoms with Crippen molar-refractivity contribution < 1.29 is 4.79 Å². The van der Waals surface area contributed by atoms with Gasteiger partial charge in [0.05, 0.1) is 4.87 Å². The molecule has 4 heteroatoms. The number of likely N-dealkylation sites (N-methyl/N-ethyl adjacent to an activating group) is 1. The number of hydrogen-bond donors (Lipinski definition) is 0. The zero-order valence-corrected chi connectivity index (χ0v) is 10.5. The number of thioether (sulfide) groups is 1. The molecule has 0 aromatic rings. The lowest BCUT2D eigenvalue weighted by Crippen LogP contribution is -2.42. The fourth-order valence-corrected chi connectivity index (χ4v) is 4.01. The van der Waals surface area contributed by atoms with Crippen molar-refractivity contribution in [3.8, 4) is 0 Å². The van der Waals surface area contributed by atoms with E-state index in [9.17, 15) is 4.79 Å². The SMILES string of the molecule is CCCC(=O)N1CCC2(C1)SCCN2C. The van der Waals surface area contributed by atoms with Gasteiger partial charge in [-0.2, -0.15) is 0 Å². The summed E-state index contributed by atoms with van der Waals surface area (Å²) in [5, 5.41) is 0. The van der Waals surface area contributed by atoms with Gasteiger partial charge in [0.25, 0.3) is 0 Å². The van der Waals surface area contributed by atoms with E-state index in [1.54, 1.807) is 0 Å². The van der Waals surface area contributed by atoms with E-state index in [1.165, 1.54) is 12.3 Å². The van der Waals surface area contributed by atoms with E-state index in [-0.39, 0.29) is 4.87 Å². The molecular weight excluding hydrogens is 208 g/mol. The van der Waals surface area contributed by atoms with E-state index in [0.29, 0.717) is 12.3 Å². The Morgan fingerprint density at radius 1 is 1.47 bits per heavy atom. The molecule has 1 unspecified atom stereocenters. The van der Waals surface area contributed by atoms with Crippen LogP contribution in [0.15, 0.2) is 0 Å². The minimum Gasteiger partial charge on any atom is -0.340 e. The van der Waals surface area contributed by atoms with Gasteiger partial charge in [0.2, 0.25) is 5.91 Å². The maximum atomic E-state index is 11.8. The van der Waals surface area contributed by atoms with Crippen LogP contribution in [0.2, 0.25) is 0 Å². The van der Waals surface area contributed by atoms with Gasteiger partial charge in [-0.05, 0) is 19.9 Å². The third kappa shape index (κ3) is 2.02. The monoisotopic (exact) mass is 228 g/mol. The fourth-order valence-electron chi connectivity index (χ4n) is 2.47. The number of rotatable bonds is 2. The van der Waals surface area contributed by atoms with Crippen LogP contribution in [0.3, 0.4) is 0 Å². The van der Waals surface area contributed by atoms with E-state index >= 15 is 0 Å². The Hall–Kier alpha value is -0.220. The molecule has 0 aromatic carbocycles. The summed E-state index contributed by atoms with van der Waals surface area (Å²) in [6, 6.07) is 0. The van der Waals surface area contributed by atoms with Crippen LogP contribution in [0.25, 0.3) is 0 Å². The molecule has 2 heterocycles. The van der Waals surface area contributed by atoms with Gasteiger partial charge in [-0.15, -0.1) is 11.8 Å². The predicted molar refractivity (Wildman–Crippen MR) is 63.9 cm³/mol. The highest BCUT2D eigenvalue weighted by atomic mass is 32.2. The number of carbonyl (C=O) groups excluding carboxylic acids is 1. The summed E-state index contributed by atoms with van der Waals surface area (Å²) >= 11 is 2.03. The molecular formula is C11H20N2OS. The van der Waals surface area contributed by atoms with Gasteiger partial charge in [0.15, 0.2) is 0 Å². The molecule has 2 aliphatic rings. The van der Waals surface area contributed by atoms with Crippen molar-refractivity contribution in [1.29, 1.82) is 0 Å². The van der Waals surface area contributed by atoms with Crippen molar-refractivity contribution in [2.45, 2.75) is 31.1 Å². The highest BCUT2D eigenvalue weighted by molar-refractivity contribution is 8.00. The molecule has 0 bridgehead atoms. The number of carbonyl (C=O) groups is 1. The Morgan fingerprint density at radius 3 is 2.87 bits per heavy atom. The van der Waals surface area contributed by atoms with E-state index in [2.05, 4.69) is 23.8 Å². The van der Waals surface area contributed by atoms with Crippen LogP contribution >= 0.6 is 11.8 Å². The zero-order valence-electron chi connectivity index (χ0n) is 9.66. The number of hydrogen-bond acceptors (Lipinski definition) is 3. The average molecular weight is 228 g/mol. The molecule has 2 aliphatic heterocycles. The second kappa shape index (κ2) is 4.34. The summed E-state index contributed by atoms with van der Waals surface area (Å²) in [4.78, 5) is 16.5. The third-order valence-electron chi connectivity index (χ3n) is 3.52. The summed E-state index contributed by atoms with van der Waals surface area (Å²) in [6.07, 6.45) is 2.82. The van der Waals surface area contributed by atoms with Gasteiger partial charge in [-0.1, -0.05) is 6.92 Å². The highest BCUT2D eigenvalue weighted by Crippen LogP contribution is 2.41. The maximum Gasteiger partial charge on any atom is 0.222 e. The molecule has 15 heavy (non-hydrogen) atoms. The van der Waals surface area contributed by atoms with Crippen molar-refractivity contribution in [3.05, 3.63) is 0 Å². The normalized spacial score (nSPS) is 31.7. The van der Waals surface area contributed by atoms with Crippen LogP contribution < -0.4 is 0 Å². The number of nitrogens with zero attached hydrogens (tertiary/aromatic N) is 2. The minimum absolute atomic E-state index is 0.253. The van der Waals surface area contributed by atoms with Crippen LogP contribution in [-0.4, -0.2) is 53.0 Å². The second-order valence-corrected chi connectivity index (χ2v) is 5.99. The van der Waals surface area contributed by atoms with Gasteiger partial charge in [0, 0.05) is 31.8 Å². The van der Waals surface area contributed by atoms with Crippen molar-refractivity contribution in [2.24, 2.45) is 0 Å². The first-order valence-electron chi connectivity index (χ1n) is 5.81. The van der Waals surface area contributed by atoms with Crippen molar-refractivity contribution in [3.63, 3.8) is 0 Å². The Bertz CT molecular complexity index is 259. The standard InChI is InChI=1S/C11H20N2OS/c1-3-4-10(14)13-6-5-11(9-13)12(2)7-8-15-11/h3-9H2,1-2H3. The van der Waals surface area contributed by atoms with E-state index in [1.807, 2.05) is 11.8 Å². The minimum atomic E-state index is 0.253. The lowest BCUT2D eigenvalue weighted by Gasteiger charge is -2.30. The predicted octanol–water partition coefficient (Wildman–Crippen LogP) is 1.39.